The number of rotatable bonds is 8. The highest BCUT2D eigenvalue weighted by molar-refractivity contribution is 5.75. The van der Waals surface area contributed by atoms with Gasteiger partial charge in [-0.3, -0.25) is 9.69 Å². The molecule has 1 heterocycles. The van der Waals surface area contributed by atoms with Crippen molar-refractivity contribution < 1.29 is 9.53 Å². The van der Waals surface area contributed by atoms with E-state index in [0.29, 0.717) is 0 Å². The fourth-order valence-corrected chi connectivity index (χ4v) is 2.76. The third kappa shape index (κ3) is 5.38. The van der Waals surface area contributed by atoms with E-state index in [0.717, 1.165) is 25.9 Å². The van der Waals surface area contributed by atoms with Crippen molar-refractivity contribution in [2.75, 3.05) is 20.2 Å². The summed E-state index contributed by atoms with van der Waals surface area (Å²) in [7, 11) is 1.50. The van der Waals surface area contributed by atoms with Gasteiger partial charge in [0, 0.05) is 0 Å². The summed E-state index contributed by atoms with van der Waals surface area (Å²) in [6, 6.07) is 0.0272. The van der Waals surface area contributed by atoms with Gasteiger partial charge in [-0.05, 0) is 32.4 Å². The van der Waals surface area contributed by atoms with Crippen molar-refractivity contribution in [1.82, 2.24) is 4.90 Å². The Bertz CT molecular complexity index is 231. The lowest BCUT2D eigenvalue weighted by molar-refractivity contribution is -0.148. The van der Waals surface area contributed by atoms with Crippen molar-refractivity contribution >= 4 is 5.97 Å². The standard InChI is InChI=1S/C15H29NO2/c1-3-4-5-6-7-9-12-16-13-10-8-11-14(16)15(17)18-2/h14H,3-13H2,1-2H3/t14-/m1/s1. The maximum absolute atomic E-state index is 11.7. The molecule has 0 N–H and O–H groups in total. The summed E-state index contributed by atoms with van der Waals surface area (Å²) in [6.07, 6.45) is 11.2. The Balaban J connectivity index is 2.19. The molecule has 0 aromatic heterocycles. The topological polar surface area (TPSA) is 29.5 Å². The summed E-state index contributed by atoms with van der Waals surface area (Å²) in [5.41, 5.74) is 0. The van der Waals surface area contributed by atoms with Crippen LogP contribution < -0.4 is 0 Å². The predicted octanol–water partition coefficient (Wildman–Crippen LogP) is 3.37. The normalized spacial score (nSPS) is 20.9. The lowest BCUT2D eigenvalue weighted by atomic mass is 10.0. The van der Waals surface area contributed by atoms with Crippen molar-refractivity contribution in [2.45, 2.75) is 70.8 Å². The fraction of sp³-hybridized carbons (Fsp3) is 0.933. The number of hydrogen-bond acceptors (Lipinski definition) is 3. The number of ether oxygens (including phenoxy) is 1. The van der Waals surface area contributed by atoms with Crippen molar-refractivity contribution in [3.8, 4) is 0 Å². The first kappa shape index (κ1) is 15.5. The molecule has 0 aromatic rings. The zero-order chi connectivity index (χ0) is 13.2. The minimum Gasteiger partial charge on any atom is -0.468 e. The number of esters is 1. The Morgan fingerprint density at radius 2 is 1.89 bits per heavy atom. The van der Waals surface area contributed by atoms with Crippen LogP contribution in [0, 0.1) is 0 Å². The Hall–Kier alpha value is -0.570. The van der Waals surface area contributed by atoms with Crippen LogP contribution in [0.3, 0.4) is 0 Å². The van der Waals surface area contributed by atoms with Crippen LogP contribution in [0.1, 0.15) is 64.7 Å². The number of unbranched alkanes of at least 4 members (excludes halogenated alkanes) is 5. The molecular formula is C15H29NO2. The number of carbonyl (C=O) groups excluding carboxylic acids is 1. The summed E-state index contributed by atoms with van der Waals surface area (Å²) >= 11 is 0. The summed E-state index contributed by atoms with van der Waals surface area (Å²) in [6.45, 7) is 4.37. The zero-order valence-corrected chi connectivity index (χ0v) is 12.1. The van der Waals surface area contributed by atoms with E-state index in [1.54, 1.807) is 0 Å². The van der Waals surface area contributed by atoms with E-state index in [2.05, 4.69) is 11.8 Å². The van der Waals surface area contributed by atoms with E-state index in [9.17, 15) is 4.79 Å². The second-order valence-electron chi connectivity index (χ2n) is 5.34. The van der Waals surface area contributed by atoms with Crippen LogP contribution in [0.25, 0.3) is 0 Å². The lowest BCUT2D eigenvalue weighted by Crippen LogP contribution is -2.45. The third-order valence-electron chi connectivity index (χ3n) is 3.89. The van der Waals surface area contributed by atoms with Gasteiger partial charge < -0.3 is 4.74 Å². The molecule has 1 saturated heterocycles. The number of piperidine rings is 1. The van der Waals surface area contributed by atoms with E-state index in [4.69, 9.17) is 4.74 Å². The van der Waals surface area contributed by atoms with E-state index < -0.39 is 0 Å². The van der Waals surface area contributed by atoms with Crippen LogP contribution in [-0.4, -0.2) is 37.1 Å². The van der Waals surface area contributed by atoms with Crippen LogP contribution in [0.2, 0.25) is 0 Å². The van der Waals surface area contributed by atoms with Gasteiger partial charge in [-0.15, -0.1) is 0 Å². The molecule has 0 bridgehead atoms. The number of nitrogens with zero attached hydrogens (tertiary/aromatic N) is 1. The first-order valence-electron chi connectivity index (χ1n) is 7.61. The molecule has 1 atom stereocenters. The van der Waals surface area contributed by atoms with Gasteiger partial charge in [0.15, 0.2) is 0 Å². The predicted molar refractivity (Wildman–Crippen MR) is 74.6 cm³/mol. The third-order valence-corrected chi connectivity index (χ3v) is 3.89. The molecular weight excluding hydrogens is 226 g/mol. The Morgan fingerprint density at radius 3 is 2.61 bits per heavy atom. The molecule has 0 radical (unpaired) electrons. The number of hydrogen-bond donors (Lipinski definition) is 0. The molecule has 3 nitrogen and oxygen atoms in total. The van der Waals surface area contributed by atoms with Gasteiger partial charge in [-0.1, -0.05) is 45.4 Å². The quantitative estimate of drug-likeness (QED) is 0.492. The van der Waals surface area contributed by atoms with Gasteiger partial charge in [0.25, 0.3) is 0 Å². The first-order valence-corrected chi connectivity index (χ1v) is 7.61. The van der Waals surface area contributed by atoms with E-state index >= 15 is 0 Å². The molecule has 1 aliphatic rings. The van der Waals surface area contributed by atoms with Crippen molar-refractivity contribution in [1.29, 1.82) is 0 Å². The van der Waals surface area contributed by atoms with Crippen LogP contribution in [-0.2, 0) is 9.53 Å². The SMILES string of the molecule is CCCCCCCCN1CCCC[C@@H]1C(=O)OC. The smallest absolute Gasteiger partial charge is 0.323 e. The van der Waals surface area contributed by atoms with Crippen LogP contribution in [0.4, 0.5) is 0 Å². The largest absolute Gasteiger partial charge is 0.468 e. The molecule has 0 unspecified atom stereocenters. The van der Waals surface area contributed by atoms with Gasteiger partial charge in [-0.2, -0.15) is 0 Å². The minimum atomic E-state index is -0.0410. The molecule has 1 rings (SSSR count). The maximum Gasteiger partial charge on any atom is 0.323 e. The summed E-state index contributed by atoms with van der Waals surface area (Å²) in [5.74, 6) is -0.0410. The average molecular weight is 255 g/mol. The van der Waals surface area contributed by atoms with Gasteiger partial charge in [0.05, 0.1) is 7.11 Å². The Kier molecular flexibility index (Phi) is 8.06. The molecule has 0 saturated carbocycles. The molecule has 3 heteroatoms. The van der Waals surface area contributed by atoms with Crippen molar-refractivity contribution in [2.24, 2.45) is 0 Å². The Labute approximate surface area is 112 Å². The summed E-state index contributed by atoms with van der Waals surface area (Å²) in [4.78, 5) is 14.0. The van der Waals surface area contributed by atoms with Crippen LogP contribution in [0.5, 0.6) is 0 Å². The molecule has 1 fully saturated rings. The second-order valence-corrected chi connectivity index (χ2v) is 5.34. The highest BCUT2D eigenvalue weighted by atomic mass is 16.5. The maximum atomic E-state index is 11.7. The van der Waals surface area contributed by atoms with Crippen LogP contribution in [0.15, 0.2) is 0 Å². The van der Waals surface area contributed by atoms with Gasteiger partial charge >= 0.3 is 5.97 Å². The number of carbonyl (C=O) groups is 1. The zero-order valence-electron chi connectivity index (χ0n) is 12.1. The van der Waals surface area contributed by atoms with E-state index in [1.807, 2.05) is 0 Å². The average Bonchev–Trinajstić information content (AvgIpc) is 2.42. The van der Waals surface area contributed by atoms with Crippen molar-refractivity contribution in [3.05, 3.63) is 0 Å². The van der Waals surface area contributed by atoms with Crippen LogP contribution >= 0.6 is 0 Å². The minimum absolute atomic E-state index is 0.0272. The number of methoxy groups -OCH3 is 1. The molecule has 0 spiro atoms. The Morgan fingerprint density at radius 1 is 1.17 bits per heavy atom. The van der Waals surface area contributed by atoms with E-state index in [1.165, 1.54) is 52.1 Å². The van der Waals surface area contributed by atoms with Gasteiger partial charge in [-0.25, -0.2) is 0 Å². The molecule has 106 valence electrons. The van der Waals surface area contributed by atoms with Gasteiger partial charge in [0.2, 0.25) is 0 Å². The second kappa shape index (κ2) is 9.37. The highest BCUT2D eigenvalue weighted by Crippen LogP contribution is 2.19. The summed E-state index contributed by atoms with van der Waals surface area (Å²) < 4.78 is 4.90. The lowest BCUT2D eigenvalue weighted by Gasteiger charge is -2.33. The van der Waals surface area contributed by atoms with E-state index in [-0.39, 0.29) is 12.0 Å². The number of likely N-dealkylation sites (tertiary alicyclic amines) is 1. The molecule has 0 aliphatic carbocycles. The molecule has 0 amide bonds. The fourth-order valence-electron chi connectivity index (χ4n) is 2.76. The molecule has 1 aliphatic heterocycles. The molecule has 18 heavy (non-hydrogen) atoms. The first-order chi connectivity index (χ1) is 8.79. The highest BCUT2D eigenvalue weighted by Gasteiger charge is 2.28. The monoisotopic (exact) mass is 255 g/mol. The molecule has 0 aromatic carbocycles. The summed E-state index contributed by atoms with van der Waals surface area (Å²) in [5, 5.41) is 0. The van der Waals surface area contributed by atoms with Crippen molar-refractivity contribution in [3.63, 3.8) is 0 Å². The van der Waals surface area contributed by atoms with Gasteiger partial charge in [0.1, 0.15) is 6.04 Å².